The summed E-state index contributed by atoms with van der Waals surface area (Å²) >= 11 is 2.88. The first kappa shape index (κ1) is 40.7. The van der Waals surface area contributed by atoms with Gasteiger partial charge < -0.3 is 14.4 Å². The van der Waals surface area contributed by atoms with E-state index in [1.54, 1.807) is 30.6 Å². The minimum atomic E-state index is -3.79. The number of nitrogens with zero attached hydrogens (tertiary/aromatic N) is 2. The van der Waals surface area contributed by atoms with Crippen LogP contribution in [-0.4, -0.2) is 78.2 Å². The summed E-state index contributed by atoms with van der Waals surface area (Å²) in [7, 11) is -7.57. The molecule has 0 radical (unpaired) electrons. The van der Waals surface area contributed by atoms with Crippen LogP contribution in [0.25, 0.3) is 16.3 Å². The van der Waals surface area contributed by atoms with Crippen LogP contribution in [-0.2, 0) is 55.2 Å². The Morgan fingerprint density at radius 3 is 2.19 bits per heavy atom. The molecule has 1 aliphatic carbocycles. The lowest BCUT2D eigenvalue weighted by molar-refractivity contribution is -0.655. The minimum absolute atomic E-state index is 0.0184. The molecule has 288 valence electrons. The highest BCUT2D eigenvalue weighted by Gasteiger charge is 2.51. The number of thiazole rings is 1. The van der Waals surface area contributed by atoms with Crippen LogP contribution in [0.1, 0.15) is 38.1 Å². The number of nitrogens with one attached hydrogen (secondary N) is 2. The number of amides is 2. The van der Waals surface area contributed by atoms with Crippen molar-refractivity contribution in [3.63, 3.8) is 0 Å². The lowest BCUT2D eigenvalue weighted by Crippen LogP contribution is -2.45. The van der Waals surface area contributed by atoms with E-state index in [0.717, 1.165) is 27.8 Å². The molecule has 14 nitrogen and oxygen atoms in total. The van der Waals surface area contributed by atoms with Crippen molar-refractivity contribution in [1.82, 2.24) is 9.44 Å². The van der Waals surface area contributed by atoms with Crippen LogP contribution in [0.3, 0.4) is 0 Å². The molecule has 5 rings (SSSR count). The van der Waals surface area contributed by atoms with Gasteiger partial charge >= 0.3 is 11.9 Å². The molecule has 0 bridgehead atoms. The molecule has 1 aliphatic heterocycles. The molecule has 18 heteroatoms. The van der Waals surface area contributed by atoms with Gasteiger partial charge in [0.15, 0.2) is 5.41 Å². The number of thioether (sulfide) groups is 1. The van der Waals surface area contributed by atoms with E-state index in [0.29, 0.717) is 28.1 Å². The van der Waals surface area contributed by atoms with Crippen LogP contribution >= 0.6 is 23.1 Å². The molecule has 2 amide bonds. The predicted molar refractivity (Wildman–Crippen MR) is 206 cm³/mol. The van der Waals surface area contributed by atoms with E-state index in [-0.39, 0.29) is 44.5 Å². The zero-order chi connectivity index (χ0) is 39.3. The lowest BCUT2D eigenvalue weighted by atomic mass is 9.71. The van der Waals surface area contributed by atoms with Crippen LogP contribution in [0, 0.1) is 5.41 Å². The van der Waals surface area contributed by atoms with Gasteiger partial charge in [-0.15, -0.1) is 0 Å². The number of aromatic nitrogens is 1. The Kier molecular flexibility index (Phi) is 12.7. The normalized spacial score (nSPS) is 17.6. The van der Waals surface area contributed by atoms with E-state index >= 15 is 0 Å². The number of esters is 2. The van der Waals surface area contributed by atoms with Gasteiger partial charge in [0.25, 0.3) is 16.8 Å². The molecule has 0 fully saturated rings. The van der Waals surface area contributed by atoms with Crippen molar-refractivity contribution < 1.29 is 50.1 Å². The molecule has 2 N–H and O–H groups in total. The van der Waals surface area contributed by atoms with E-state index < -0.39 is 49.2 Å². The maximum Gasteiger partial charge on any atom is 0.324 e. The van der Waals surface area contributed by atoms with Gasteiger partial charge in [-0.3, -0.25) is 23.9 Å². The summed E-state index contributed by atoms with van der Waals surface area (Å²) in [5, 5.41) is 0.280. The Hall–Kier alpha value is -4.52. The summed E-state index contributed by atoms with van der Waals surface area (Å²) in [6.45, 7) is 2.87. The number of hydrogen-bond acceptors (Lipinski definition) is 13. The van der Waals surface area contributed by atoms with E-state index in [2.05, 4.69) is 0 Å². The van der Waals surface area contributed by atoms with Crippen molar-refractivity contribution >= 4 is 88.9 Å². The van der Waals surface area contributed by atoms with E-state index in [1.807, 2.05) is 75.0 Å². The second-order valence-electron chi connectivity index (χ2n) is 12.7. The fourth-order valence-electron chi connectivity index (χ4n) is 6.32. The van der Waals surface area contributed by atoms with E-state index in [4.69, 9.17) is 9.47 Å². The zero-order valence-corrected chi connectivity index (χ0v) is 33.3. The Labute approximate surface area is 322 Å². The molecule has 2 heterocycles. The van der Waals surface area contributed by atoms with Crippen LogP contribution < -0.4 is 18.9 Å². The number of anilines is 1. The summed E-state index contributed by atoms with van der Waals surface area (Å²) in [5.74, 6) is -2.87. The van der Waals surface area contributed by atoms with Crippen molar-refractivity contribution in [2.24, 2.45) is 5.41 Å². The summed E-state index contributed by atoms with van der Waals surface area (Å²) in [6.07, 6.45) is 9.36. The first-order valence-electron chi connectivity index (χ1n) is 16.9. The fourth-order valence-corrected chi connectivity index (χ4v) is 9.60. The predicted octanol–water partition coefficient (Wildman–Crippen LogP) is 3.44. The molecular weight excluding hydrogens is 777 g/mol. The SMILES string of the molecule is CCOC(=O)C1(C(=O)OCC)CC(=CCC2Sc3ccccc3N2CC(=O)NS(C)(=O)=O)C=C(C=Cc2sc3ccccc3[n+]2CC(=O)NS(C)(=O)=O)C1. The summed E-state index contributed by atoms with van der Waals surface area (Å²) < 4.78 is 64.6. The minimum Gasteiger partial charge on any atom is -0.465 e. The molecule has 0 spiro atoms. The molecule has 0 saturated carbocycles. The number of para-hydroxylation sites is 2. The van der Waals surface area contributed by atoms with Gasteiger partial charge in [-0.1, -0.05) is 65.6 Å². The Balaban J connectivity index is 1.53. The molecule has 54 heavy (non-hydrogen) atoms. The number of sulfonamides is 2. The van der Waals surface area contributed by atoms with Crippen molar-refractivity contribution in [1.29, 1.82) is 0 Å². The van der Waals surface area contributed by atoms with Crippen LogP contribution in [0.5, 0.6) is 0 Å². The number of fused-ring (bicyclic) bond motifs is 2. The second-order valence-corrected chi connectivity index (χ2v) is 18.5. The van der Waals surface area contributed by atoms with E-state index in [9.17, 15) is 36.0 Å². The second kappa shape index (κ2) is 16.9. The largest absolute Gasteiger partial charge is 0.465 e. The standard InChI is InChI=1S/C36H40N4O10S4/c1-5-49-34(43)36(35(44)50-6-2)20-24(15-17-32-39(22-30(41)37-53(3,45)46)26-11-7-9-13-28(26)51-32)19-25(21-36)16-18-33-40(23-31(42)38-54(4,47)48)27-12-8-10-14-29(27)52-33/h7-17,19,33H,5-6,18,20-23H2,1-4H3,(H-,37,38,41,42)/p+1. The summed E-state index contributed by atoms with van der Waals surface area (Å²) in [4.78, 5) is 55.6. The number of carbonyl (C=O) groups excluding carboxylic acids is 4. The van der Waals surface area contributed by atoms with Gasteiger partial charge in [0.1, 0.15) is 4.70 Å². The third-order valence-corrected chi connectivity index (χ3v) is 12.0. The number of carbonyl (C=O) groups is 4. The van der Waals surface area contributed by atoms with Crippen LogP contribution in [0.15, 0.2) is 82.8 Å². The molecule has 1 aromatic heterocycles. The molecule has 3 aromatic rings. The highest BCUT2D eigenvalue weighted by molar-refractivity contribution is 8.00. The van der Waals surface area contributed by atoms with Gasteiger partial charge in [-0.25, -0.2) is 21.6 Å². The molecule has 2 aromatic carbocycles. The van der Waals surface area contributed by atoms with E-state index in [1.165, 1.54) is 23.1 Å². The first-order valence-corrected chi connectivity index (χ1v) is 22.4. The monoisotopic (exact) mass is 817 g/mol. The van der Waals surface area contributed by atoms with Crippen LogP contribution in [0.4, 0.5) is 5.69 Å². The highest BCUT2D eigenvalue weighted by atomic mass is 32.2. The first-order chi connectivity index (χ1) is 25.5. The van der Waals surface area contributed by atoms with Crippen molar-refractivity contribution in [3.05, 3.63) is 82.9 Å². The number of ether oxygens (including phenoxy) is 2. The van der Waals surface area contributed by atoms with Gasteiger partial charge in [0.2, 0.25) is 32.1 Å². The third kappa shape index (κ3) is 9.96. The Morgan fingerprint density at radius 2 is 1.52 bits per heavy atom. The average molecular weight is 818 g/mol. The Bertz CT molecular complexity index is 2260. The van der Waals surface area contributed by atoms with Crippen molar-refractivity contribution in [2.75, 3.05) is 37.2 Å². The summed E-state index contributed by atoms with van der Waals surface area (Å²) in [6, 6.07) is 14.8. The number of rotatable bonds is 14. The quantitative estimate of drug-likeness (QED) is 0.137. The zero-order valence-electron chi connectivity index (χ0n) is 30.1. The van der Waals surface area contributed by atoms with Gasteiger partial charge in [-0.05, 0) is 62.5 Å². The fraction of sp³-hybridized carbons (Fsp3) is 0.361. The molecule has 0 saturated heterocycles. The highest BCUT2D eigenvalue weighted by Crippen LogP contribution is 2.46. The number of allylic oxidation sites excluding steroid dienone is 4. The number of benzene rings is 2. The van der Waals surface area contributed by atoms with Gasteiger partial charge in [-0.2, -0.15) is 4.57 Å². The molecule has 1 atom stereocenters. The smallest absolute Gasteiger partial charge is 0.324 e. The molecule has 1 unspecified atom stereocenters. The summed E-state index contributed by atoms with van der Waals surface area (Å²) in [5.41, 5.74) is 0.993. The molecule has 2 aliphatic rings. The topological polar surface area (TPSA) is 186 Å². The maximum absolute atomic E-state index is 13.7. The molecular formula is C36H41N4O10S4+. The lowest BCUT2D eigenvalue weighted by Gasteiger charge is -2.33. The average Bonchev–Trinajstić information content (AvgIpc) is 3.61. The van der Waals surface area contributed by atoms with Gasteiger partial charge in [0, 0.05) is 17.0 Å². The third-order valence-electron chi connectivity index (χ3n) is 8.37. The van der Waals surface area contributed by atoms with Crippen molar-refractivity contribution in [2.45, 2.75) is 49.9 Å². The maximum atomic E-state index is 13.7. The van der Waals surface area contributed by atoms with Crippen LogP contribution in [0.2, 0.25) is 0 Å². The Morgan fingerprint density at radius 1 is 0.889 bits per heavy atom. The van der Waals surface area contributed by atoms with Crippen molar-refractivity contribution in [3.8, 4) is 0 Å². The van der Waals surface area contributed by atoms with Gasteiger partial charge in [0.05, 0.1) is 43.3 Å². The number of hydrogen-bond donors (Lipinski definition) is 2.